The average molecular weight is 380 g/mol. The van der Waals surface area contributed by atoms with Gasteiger partial charge in [-0.2, -0.15) is 0 Å². The molecule has 10 heteroatoms. The first-order valence-electron chi connectivity index (χ1n) is 7.21. The Morgan fingerprint density at radius 3 is 2.60 bits per heavy atom. The lowest BCUT2D eigenvalue weighted by atomic mass is 10.3. The number of rotatable bonds is 4. The average Bonchev–Trinajstić information content (AvgIpc) is 3.03. The Morgan fingerprint density at radius 1 is 1.24 bits per heavy atom. The summed E-state index contributed by atoms with van der Waals surface area (Å²) in [5, 5.41) is 3.71. The van der Waals surface area contributed by atoms with Crippen LogP contribution >= 0.6 is 23.4 Å². The summed E-state index contributed by atoms with van der Waals surface area (Å²) < 4.78 is 2.28. The third-order valence-corrected chi connectivity index (χ3v) is 4.67. The van der Waals surface area contributed by atoms with Crippen LogP contribution in [0.1, 0.15) is 0 Å². The van der Waals surface area contributed by atoms with Gasteiger partial charge in [-0.05, 0) is 24.3 Å². The molecule has 2 heterocycles. The van der Waals surface area contributed by atoms with E-state index in [2.05, 4.69) is 15.3 Å². The van der Waals surface area contributed by atoms with E-state index >= 15 is 0 Å². The van der Waals surface area contributed by atoms with Crippen molar-refractivity contribution in [1.82, 2.24) is 19.1 Å². The van der Waals surface area contributed by atoms with Crippen LogP contribution in [0.4, 0.5) is 5.69 Å². The van der Waals surface area contributed by atoms with Gasteiger partial charge < -0.3 is 10.3 Å². The fraction of sp³-hybridized carbons (Fsp3) is 0.200. The van der Waals surface area contributed by atoms with E-state index in [0.717, 1.165) is 16.3 Å². The lowest BCUT2D eigenvalue weighted by Crippen LogP contribution is -2.36. The Hall–Kier alpha value is -2.52. The van der Waals surface area contributed by atoms with Crippen molar-refractivity contribution in [2.24, 2.45) is 14.1 Å². The molecule has 1 aromatic carbocycles. The number of nitrogens with one attached hydrogen (secondary N) is 2. The first kappa shape index (κ1) is 17.3. The molecule has 0 aliphatic heterocycles. The molecule has 0 fully saturated rings. The Kier molecular flexibility index (Phi) is 4.69. The fourth-order valence-electron chi connectivity index (χ4n) is 2.24. The van der Waals surface area contributed by atoms with Crippen LogP contribution in [0, 0.1) is 0 Å². The van der Waals surface area contributed by atoms with Crippen LogP contribution in [0.3, 0.4) is 0 Å². The second-order valence-electron chi connectivity index (χ2n) is 5.29. The van der Waals surface area contributed by atoms with Crippen LogP contribution in [0.2, 0.25) is 5.02 Å². The molecule has 1 amide bonds. The summed E-state index contributed by atoms with van der Waals surface area (Å²) in [4.78, 5) is 43.1. The van der Waals surface area contributed by atoms with Gasteiger partial charge in [-0.1, -0.05) is 23.4 Å². The van der Waals surface area contributed by atoms with E-state index in [-0.39, 0.29) is 22.8 Å². The van der Waals surface area contributed by atoms with E-state index in [4.69, 9.17) is 11.6 Å². The number of amides is 1. The minimum absolute atomic E-state index is 0.0940. The van der Waals surface area contributed by atoms with E-state index in [9.17, 15) is 14.4 Å². The summed E-state index contributed by atoms with van der Waals surface area (Å²) >= 11 is 6.93. The lowest BCUT2D eigenvalue weighted by Gasteiger charge is -2.03. The summed E-state index contributed by atoms with van der Waals surface area (Å²) in [5.41, 5.74) is 0.207. The first-order chi connectivity index (χ1) is 11.9. The number of thioether (sulfide) groups is 1. The number of imidazole rings is 1. The molecule has 0 spiro atoms. The summed E-state index contributed by atoms with van der Waals surface area (Å²) in [6.07, 6.45) is 0. The standard InChI is InChI=1S/C15H14ClN5O3S/c1-20-12-11(13(23)21(2)15(20)24)18-14(19-12)25-7-10(22)17-9-5-3-8(16)4-6-9/h3-6H,7H2,1-2H3,(H,17,22)(H,18,19). The number of hydrogen-bond acceptors (Lipinski definition) is 5. The van der Waals surface area contributed by atoms with Gasteiger partial charge in [0.05, 0.1) is 5.75 Å². The Balaban J connectivity index is 1.75. The highest BCUT2D eigenvalue weighted by molar-refractivity contribution is 7.99. The molecule has 0 saturated carbocycles. The summed E-state index contributed by atoms with van der Waals surface area (Å²) in [6, 6.07) is 6.76. The number of aromatic nitrogens is 4. The smallest absolute Gasteiger partial charge is 0.327 e. The molecule has 8 nitrogen and oxygen atoms in total. The Labute approximate surface area is 150 Å². The molecule has 3 aromatic rings. The molecule has 0 radical (unpaired) electrons. The number of halogens is 1. The number of aromatic amines is 1. The van der Waals surface area contributed by atoms with Crippen LogP contribution in [-0.4, -0.2) is 30.8 Å². The molecule has 2 aromatic heterocycles. The number of fused-ring (bicyclic) bond motifs is 1. The van der Waals surface area contributed by atoms with Crippen LogP contribution in [0.15, 0.2) is 39.0 Å². The molecule has 130 valence electrons. The van der Waals surface area contributed by atoms with Crippen molar-refractivity contribution in [3.05, 3.63) is 50.1 Å². The number of benzene rings is 1. The maximum Gasteiger partial charge on any atom is 0.332 e. The highest BCUT2D eigenvalue weighted by atomic mass is 35.5. The molecule has 0 unspecified atom stereocenters. The zero-order chi connectivity index (χ0) is 18.1. The predicted octanol–water partition coefficient (Wildman–Crippen LogP) is 1.34. The fourth-order valence-corrected chi connectivity index (χ4v) is 3.03. The van der Waals surface area contributed by atoms with Gasteiger partial charge in [0, 0.05) is 24.8 Å². The van der Waals surface area contributed by atoms with Crippen molar-refractivity contribution >= 4 is 46.1 Å². The summed E-state index contributed by atoms with van der Waals surface area (Å²) in [5.74, 6) is -0.133. The molecule has 0 aliphatic carbocycles. The van der Waals surface area contributed by atoms with Crippen LogP contribution in [0.5, 0.6) is 0 Å². The number of hydrogen-bond donors (Lipinski definition) is 2. The molecule has 0 atom stereocenters. The lowest BCUT2D eigenvalue weighted by molar-refractivity contribution is -0.113. The van der Waals surface area contributed by atoms with Crippen molar-refractivity contribution in [2.45, 2.75) is 5.16 Å². The quantitative estimate of drug-likeness (QED) is 0.666. The van der Waals surface area contributed by atoms with Gasteiger partial charge in [0.1, 0.15) is 0 Å². The normalized spacial score (nSPS) is 11.0. The Morgan fingerprint density at radius 2 is 1.92 bits per heavy atom. The number of carbonyl (C=O) groups excluding carboxylic acids is 1. The van der Waals surface area contributed by atoms with Gasteiger partial charge in [-0.25, -0.2) is 9.78 Å². The number of aryl methyl sites for hydroxylation is 1. The number of carbonyl (C=O) groups is 1. The van der Waals surface area contributed by atoms with E-state index in [1.165, 1.54) is 18.7 Å². The topological polar surface area (TPSA) is 102 Å². The van der Waals surface area contributed by atoms with Crippen molar-refractivity contribution in [3.8, 4) is 0 Å². The van der Waals surface area contributed by atoms with Crippen molar-refractivity contribution in [2.75, 3.05) is 11.1 Å². The van der Waals surface area contributed by atoms with E-state index < -0.39 is 11.2 Å². The molecular formula is C15H14ClN5O3S. The van der Waals surface area contributed by atoms with Gasteiger partial charge >= 0.3 is 5.69 Å². The summed E-state index contributed by atoms with van der Waals surface area (Å²) in [6.45, 7) is 0. The minimum atomic E-state index is -0.457. The molecule has 3 rings (SSSR count). The van der Waals surface area contributed by atoms with E-state index in [1.807, 2.05) is 0 Å². The van der Waals surface area contributed by atoms with Gasteiger partial charge in [0.15, 0.2) is 16.3 Å². The summed E-state index contributed by atoms with van der Waals surface area (Å²) in [7, 11) is 2.93. The van der Waals surface area contributed by atoms with Crippen molar-refractivity contribution in [1.29, 1.82) is 0 Å². The predicted molar refractivity (Wildman–Crippen MR) is 97.4 cm³/mol. The van der Waals surface area contributed by atoms with E-state index in [0.29, 0.717) is 15.9 Å². The molecule has 0 bridgehead atoms. The molecule has 0 saturated heterocycles. The number of nitrogens with zero attached hydrogens (tertiary/aromatic N) is 3. The van der Waals surface area contributed by atoms with Crippen molar-refractivity contribution < 1.29 is 4.79 Å². The maximum absolute atomic E-state index is 12.1. The zero-order valence-electron chi connectivity index (χ0n) is 13.4. The SMILES string of the molecule is Cn1c(=O)c2[nH]c(SCC(=O)Nc3ccc(Cl)cc3)nc2n(C)c1=O. The van der Waals surface area contributed by atoms with Gasteiger partial charge in [-0.3, -0.25) is 18.7 Å². The molecule has 25 heavy (non-hydrogen) atoms. The molecular weight excluding hydrogens is 366 g/mol. The Bertz CT molecular complexity index is 1070. The number of H-pyrrole nitrogens is 1. The third kappa shape index (κ3) is 3.47. The van der Waals surface area contributed by atoms with Crippen LogP contribution < -0.4 is 16.6 Å². The van der Waals surface area contributed by atoms with Crippen LogP contribution in [0.25, 0.3) is 11.2 Å². The second kappa shape index (κ2) is 6.77. The van der Waals surface area contributed by atoms with Crippen LogP contribution in [-0.2, 0) is 18.9 Å². The first-order valence-corrected chi connectivity index (χ1v) is 8.57. The van der Waals surface area contributed by atoms with Crippen molar-refractivity contribution in [3.63, 3.8) is 0 Å². The minimum Gasteiger partial charge on any atom is -0.327 e. The second-order valence-corrected chi connectivity index (χ2v) is 6.69. The van der Waals surface area contributed by atoms with Gasteiger partial charge in [-0.15, -0.1) is 0 Å². The van der Waals surface area contributed by atoms with Gasteiger partial charge in [0.2, 0.25) is 5.91 Å². The highest BCUT2D eigenvalue weighted by Gasteiger charge is 2.14. The van der Waals surface area contributed by atoms with E-state index in [1.54, 1.807) is 24.3 Å². The molecule has 0 aliphatic rings. The van der Waals surface area contributed by atoms with Gasteiger partial charge in [0.25, 0.3) is 5.56 Å². The third-order valence-electron chi connectivity index (χ3n) is 3.54. The highest BCUT2D eigenvalue weighted by Crippen LogP contribution is 2.18. The monoisotopic (exact) mass is 379 g/mol. The number of anilines is 1. The zero-order valence-corrected chi connectivity index (χ0v) is 14.9. The maximum atomic E-state index is 12.1. The largest absolute Gasteiger partial charge is 0.332 e. The molecule has 2 N–H and O–H groups in total.